The molecule has 0 bridgehead atoms. The lowest BCUT2D eigenvalue weighted by molar-refractivity contribution is 0.268. The Labute approximate surface area is 154 Å². The van der Waals surface area contributed by atoms with Crippen molar-refractivity contribution >= 4 is 16.7 Å². The fourth-order valence-electron chi connectivity index (χ4n) is 3.70. The molecular formula is C21H26N4O. The summed E-state index contributed by atoms with van der Waals surface area (Å²) in [7, 11) is 0. The van der Waals surface area contributed by atoms with Crippen molar-refractivity contribution in [3.63, 3.8) is 0 Å². The molecule has 26 heavy (non-hydrogen) atoms. The lowest BCUT2D eigenvalue weighted by atomic mass is 9.82. The summed E-state index contributed by atoms with van der Waals surface area (Å²) in [5.41, 5.74) is 4.93. The molecule has 2 N–H and O–H groups in total. The largest absolute Gasteiger partial charge is 0.390 e. The number of nitrogens with one attached hydrogen (secondary N) is 1. The number of fused-ring (bicyclic) bond motifs is 1. The molecule has 5 nitrogen and oxygen atoms in total. The average molecular weight is 350 g/mol. The number of hydrogen-bond acceptors (Lipinski definition) is 4. The second-order valence-electron chi connectivity index (χ2n) is 8.02. The average Bonchev–Trinajstić information content (AvgIpc) is 3.09. The van der Waals surface area contributed by atoms with Gasteiger partial charge in [0.05, 0.1) is 18.0 Å². The molecule has 2 aromatic heterocycles. The third kappa shape index (κ3) is 3.07. The number of aryl methyl sites for hydroxylation is 1. The van der Waals surface area contributed by atoms with Gasteiger partial charge in [0.2, 0.25) is 0 Å². The van der Waals surface area contributed by atoms with Crippen molar-refractivity contribution in [3.8, 4) is 11.3 Å². The number of nitrogens with zero attached hydrogens (tertiary/aromatic N) is 3. The minimum absolute atomic E-state index is 0.0953. The van der Waals surface area contributed by atoms with E-state index >= 15 is 0 Å². The number of rotatable bonds is 3. The summed E-state index contributed by atoms with van der Waals surface area (Å²) in [5.74, 6) is 0.840. The number of aliphatic hydroxyl groups is 1. The third-order valence-corrected chi connectivity index (χ3v) is 5.51. The molecule has 0 radical (unpaired) electrons. The summed E-state index contributed by atoms with van der Waals surface area (Å²) in [6, 6.07) is 8.29. The molecule has 1 aliphatic heterocycles. The molecule has 3 aromatic rings. The van der Waals surface area contributed by atoms with Gasteiger partial charge in [-0.3, -0.25) is 0 Å². The molecule has 0 saturated carbocycles. The van der Waals surface area contributed by atoms with Crippen LogP contribution in [0.3, 0.4) is 0 Å². The highest BCUT2D eigenvalue weighted by molar-refractivity contribution is 5.84. The van der Waals surface area contributed by atoms with E-state index in [-0.39, 0.29) is 6.61 Å². The van der Waals surface area contributed by atoms with Crippen LogP contribution in [-0.2, 0) is 6.61 Å². The van der Waals surface area contributed by atoms with Crippen molar-refractivity contribution in [2.45, 2.75) is 40.2 Å². The summed E-state index contributed by atoms with van der Waals surface area (Å²) in [6.45, 7) is 8.46. The topological polar surface area (TPSA) is 65.0 Å². The zero-order chi connectivity index (χ0) is 18.3. The molecule has 0 aliphatic carbocycles. The van der Waals surface area contributed by atoms with Crippen LogP contribution in [-0.4, -0.2) is 33.1 Å². The number of aliphatic hydroxyl groups excluding tert-OH is 1. The molecule has 0 spiro atoms. The van der Waals surface area contributed by atoms with Crippen LogP contribution in [0.4, 0.5) is 5.82 Å². The molecular weight excluding hydrogens is 324 g/mol. The maximum atomic E-state index is 9.92. The van der Waals surface area contributed by atoms with E-state index in [2.05, 4.69) is 48.0 Å². The molecule has 0 unspecified atom stereocenters. The van der Waals surface area contributed by atoms with Gasteiger partial charge >= 0.3 is 0 Å². The molecule has 0 amide bonds. The summed E-state index contributed by atoms with van der Waals surface area (Å²) < 4.78 is 0. The number of anilines is 1. The van der Waals surface area contributed by atoms with E-state index in [1.54, 1.807) is 0 Å². The van der Waals surface area contributed by atoms with Gasteiger partial charge in [0.1, 0.15) is 5.69 Å². The van der Waals surface area contributed by atoms with E-state index in [1.807, 2.05) is 13.1 Å². The summed E-state index contributed by atoms with van der Waals surface area (Å²) in [6.07, 6.45) is 4.20. The zero-order valence-corrected chi connectivity index (χ0v) is 15.7. The van der Waals surface area contributed by atoms with Gasteiger partial charge in [-0.05, 0) is 43.4 Å². The van der Waals surface area contributed by atoms with Crippen LogP contribution >= 0.6 is 0 Å². The highest BCUT2D eigenvalue weighted by atomic mass is 16.3. The fraction of sp³-hybridized carbons (Fsp3) is 0.429. The second-order valence-corrected chi connectivity index (χ2v) is 8.02. The lowest BCUT2D eigenvalue weighted by Crippen LogP contribution is -2.38. The minimum Gasteiger partial charge on any atom is -0.390 e. The quantitative estimate of drug-likeness (QED) is 0.748. The first-order chi connectivity index (χ1) is 12.5. The van der Waals surface area contributed by atoms with Gasteiger partial charge in [-0.1, -0.05) is 19.9 Å². The van der Waals surface area contributed by atoms with Crippen LogP contribution in [0.25, 0.3) is 22.2 Å². The van der Waals surface area contributed by atoms with Crippen molar-refractivity contribution < 1.29 is 5.11 Å². The van der Waals surface area contributed by atoms with E-state index < -0.39 is 0 Å². The van der Waals surface area contributed by atoms with Crippen molar-refractivity contribution in [2.75, 3.05) is 18.0 Å². The van der Waals surface area contributed by atoms with Crippen molar-refractivity contribution in [3.05, 3.63) is 41.9 Å². The van der Waals surface area contributed by atoms with Crippen LogP contribution in [0.2, 0.25) is 0 Å². The Balaban J connectivity index is 1.72. The smallest absolute Gasteiger partial charge is 0.153 e. The highest BCUT2D eigenvalue weighted by Gasteiger charge is 2.28. The van der Waals surface area contributed by atoms with Crippen LogP contribution < -0.4 is 4.90 Å². The molecule has 1 fully saturated rings. The number of hydrogen-bond donors (Lipinski definition) is 2. The molecule has 1 aliphatic rings. The van der Waals surface area contributed by atoms with E-state index in [0.29, 0.717) is 11.1 Å². The van der Waals surface area contributed by atoms with E-state index in [9.17, 15) is 5.11 Å². The van der Waals surface area contributed by atoms with E-state index in [1.165, 1.54) is 0 Å². The maximum absolute atomic E-state index is 9.92. The SMILES string of the molecule is Cc1nc(N2CCC(C)(C)CC2)c(CO)nc1-c1ccc2[nH]ccc2c1. The van der Waals surface area contributed by atoms with Crippen LogP contribution in [0, 0.1) is 12.3 Å². The van der Waals surface area contributed by atoms with Crippen molar-refractivity contribution in [1.29, 1.82) is 0 Å². The Morgan fingerprint density at radius 3 is 2.65 bits per heavy atom. The molecule has 4 rings (SSSR count). The fourth-order valence-corrected chi connectivity index (χ4v) is 3.70. The van der Waals surface area contributed by atoms with Crippen LogP contribution in [0.5, 0.6) is 0 Å². The van der Waals surface area contributed by atoms with Gasteiger partial charge < -0.3 is 15.0 Å². The minimum atomic E-state index is -0.0953. The normalized spacial score (nSPS) is 17.0. The predicted molar refractivity (Wildman–Crippen MR) is 105 cm³/mol. The van der Waals surface area contributed by atoms with Crippen LogP contribution in [0.1, 0.15) is 38.1 Å². The third-order valence-electron chi connectivity index (χ3n) is 5.51. The van der Waals surface area contributed by atoms with Gasteiger partial charge in [-0.15, -0.1) is 0 Å². The van der Waals surface area contributed by atoms with E-state index in [4.69, 9.17) is 9.97 Å². The first kappa shape index (κ1) is 17.0. The predicted octanol–water partition coefficient (Wildman–Crippen LogP) is 4.05. The number of H-pyrrole nitrogens is 1. The summed E-state index contributed by atoms with van der Waals surface area (Å²) in [4.78, 5) is 15.1. The van der Waals surface area contributed by atoms with Gasteiger partial charge in [0.15, 0.2) is 5.82 Å². The molecule has 1 saturated heterocycles. The van der Waals surface area contributed by atoms with Gasteiger partial charge in [0, 0.05) is 35.8 Å². The number of aromatic amines is 1. The number of benzene rings is 1. The zero-order valence-electron chi connectivity index (χ0n) is 15.7. The Kier molecular flexibility index (Phi) is 4.19. The Bertz CT molecular complexity index is 934. The molecule has 1 aromatic carbocycles. The Morgan fingerprint density at radius 2 is 1.92 bits per heavy atom. The molecule has 5 heteroatoms. The molecule has 136 valence electrons. The standard InChI is InChI=1S/C21H26N4O/c1-14-19(16-4-5-17-15(12-16)6-9-22-17)24-18(13-26)20(23-14)25-10-7-21(2,3)8-11-25/h4-6,9,12,22,26H,7-8,10-11,13H2,1-3H3. The summed E-state index contributed by atoms with van der Waals surface area (Å²) in [5, 5.41) is 11.1. The number of piperidine rings is 1. The first-order valence-corrected chi connectivity index (χ1v) is 9.28. The van der Waals surface area contributed by atoms with Gasteiger partial charge in [-0.25, -0.2) is 9.97 Å². The van der Waals surface area contributed by atoms with Gasteiger partial charge in [0.25, 0.3) is 0 Å². The van der Waals surface area contributed by atoms with Crippen molar-refractivity contribution in [2.24, 2.45) is 5.41 Å². The maximum Gasteiger partial charge on any atom is 0.153 e. The monoisotopic (exact) mass is 350 g/mol. The van der Waals surface area contributed by atoms with E-state index in [0.717, 1.165) is 59.6 Å². The van der Waals surface area contributed by atoms with Gasteiger partial charge in [-0.2, -0.15) is 0 Å². The second kappa shape index (κ2) is 6.40. The summed E-state index contributed by atoms with van der Waals surface area (Å²) >= 11 is 0. The Hall–Kier alpha value is -2.40. The molecule has 3 heterocycles. The van der Waals surface area contributed by atoms with Crippen molar-refractivity contribution in [1.82, 2.24) is 15.0 Å². The Morgan fingerprint density at radius 1 is 1.15 bits per heavy atom. The highest BCUT2D eigenvalue weighted by Crippen LogP contribution is 2.34. The lowest BCUT2D eigenvalue weighted by Gasteiger charge is -2.38. The molecule has 0 atom stereocenters. The number of aromatic nitrogens is 3. The van der Waals surface area contributed by atoms with Crippen LogP contribution in [0.15, 0.2) is 30.5 Å². The first-order valence-electron chi connectivity index (χ1n) is 9.28.